The molecule has 0 aliphatic heterocycles. The average Bonchev–Trinajstić information content (AvgIpc) is 3.30. The van der Waals surface area contributed by atoms with Gasteiger partial charge in [-0.25, -0.2) is 9.86 Å². The van der Waals surface area contributed by atoms with Crippen molar-refractivity contribution in [1.29, 1.82) is 0 Å². The maximum absolute atomic E-state index is 12.5. The lowest BCUT2D eigenvalue weighted by atomic mass is 9.99. The number of aromatic carboxylic acids is 1. The number of carboxylic acids is 1. The summed E-state index contributed by atoms with van der Waals surface area (Å²) in [4.78, 5) is 47.0. The fraction of sp³-hybridized carbons (Fsp3) is 0.417. The van der Waals surface area contributed by atoms with E-state index in [1.54, 1.807) is 25.1 Å². The molecule has 0 aliphatic carbocycles. The van der Waals surface area contributed by atoms with Crippen molar-refractivity contribution in [1.82, 2.24) is 15.7 Å². The highest BCUT2D eigenvalue weighted by molar-refractivity contribution is 5.93. The third-order valence-corrected chi connectivity index (χ3v) is 5.48. The van der Waals surface area contributed by atoms with Crippen molar-refractivity contribution < 1.29 is 33.9 Å². The first-order valence-electron chi connectivity index (χ1n) is 11.2. The summed E-state index contributed by atoms with van der Waals surface area (Å²) in [6, 6.07) is 7.82. The first kappa shape index (κ1) is 26.6. The van der Waals surface area contributed by atoms with Crippen LogP contribution in [-0.2, 0) is 9.59 Å². The zero-order chi connectivity index (χ0) is 25.1. The molecule has 2 rings (SSSR count). The maximum atomic E-state index is 12.5. The number of amides is 3. The molecule has 0 unspecified atom stereocenters. The van der Waals surface area contributed by atoms with Gasteiger partial charge in [-0.2, -0.15) is 0 Å². The van der Waals surface area contributed by atoms with Gasteiger partial charge < -0.3 is 20.2 Å². The highest BCUT2D eigenvalue weighted by atomic mass is 16.5. The van der Waals surface area contributed by atoms with Crippen molar-refractivity contribution in [2.75, 3.05) is 13.2 Å². The lowest BCUT2D eigenvalue weighted by molar-refractivity contribution is -0.154. The monoisotopic (exact) mass is 473 g/mol. The van der Waals surface area contributed by atoms with Crippen molar-refractivity contribution in [2.24, 2.45) is 5.92 Å². The summed E-state index contributed by atoms with van der Waals surface area (Å²) in [7, 11) is 0. The molecule has 4 N–H and O–H groups in total. The molecular formula is C24H31N3O7. The van der Waals surface area contributed by atoms with E-state index in [9.17, 15) is 29.5 Å². The fourth-order valence-corrected chi connectivity index (χ4v) is 3.57. The standard InChI is InChI=1S/C24H31N3O7/c1-3-4-5-6-8-17(13-27(33)15-28)22(29)25-14-26-23(30)21-12-11-20(34-21)18-9-7-10-19(16(18)2)24(31)32/h7,9-12,15,17,33H,3-6,8,13-14H2,1-2H3,(H,25,29)(H,26,30)(H,31,32)/t17-/m1/s1. The van der Waals surface area contributed by atoms with E-state index in [2.05, 4.69) is 17.6 Å². The molecule has 2 aromatic rings. The summed E-state index contributed by atoms with van der Waals surface area (Å²) in [5, 5.41) is 24.3. The fourth-order valence-electron chi connectivity index (χ4n) is 3.57. The van der Waals surface area contributed by atoms with Crippen LogP contribution in [-0.4, -0.2) is 52.8 Å². The molecule has 34 heavy (non-hydrogen) atoms. The predicted molar refractivity (Wildman–Crippen MR) is 123 cm³/mol. The smallest absolute Gasteiger partial charge is 0.335 e. The quantitative estimate of drug-likeness (QED) is 0.108. The number of nitrogens with one attached hydrogen (secondary N) is 2. The summed E-state index contributed by atoms with van der Waals surface area (Å²) in [5.41, 5.74) is 1.21. The Labute approximate surface area is 197 Å². The number of carbonyl (C=O) groups excluding carboxylic acids is 3. The summed E-state index contributed by atoms with van der Waals surface area (Å²) in [6.45, 7) is 3.43. The number of rotatable bonds is 14. The van der Waals surface area contributed by atoms with Crippen LogP contribution in [0.3, 0.4) is 0 Å². The van der Waals surface area contributed by atoms with Gasteiger partial charge in [0.25, 0.3) is 5.91 Å². The van der Waals surface area contributed by atoms with Crippen LogP contribution in [0.5, 0.6) is 0 Å². The molecule has 3 amide bonds. The third kappa shape index (κ3) is 7.45. The SMILES string of the molecule is CCCCCC[C@H](CN(O)C=O)C(=O)NCNC(=O)c1ccc(-c2cccc(C(=O)O)c2C)o1. The van der Waals surface area contributed by atoms with Gasteiger partial charge in [0.2, 0.25) is 12.3 Å². The van der Waals surface area contributed by atoms with E-state index in [1.165, 1.54) is 12.1 Å². The zero-order valence-corrected chi connectivity index (χ0v) is 19.4. The molecule has 0 bridgehead atoms. The molecule has 0 saturated carbocycles. The van der Waals surface area contributed by atoms with E-state index in [0.717, 1.165) is 25.7 Å². The number of furan rings is 1. The van der Waals surface area contributed by atoms with E-state index in [1.807, 2.05) is 0 Å². The molecule has 10 heteroatoms. The van der Waals surface area contributed by atoms with Crippen LogP contribution in [0.4, 0.5) is 0 Å². The Morgan fingerprint density at radius 2 is 1.88 bits per heavy atom. The molecule has 0 spiro atoms. The van der Waals surface area contributed by atoms with Gasteiger partial charge in [-0.15, -0.1) is 0 Å². The molecule has 184 valence electrons. The molecule has 1 heterocycles. The predicted octanol–water partition coefficient (Wildman–Crippen LogP) is 3.19. The average molecular weight is 474 g/mol. The van der Waals surface area contributed by atoms with Crippen LogP contribution in [0.15, 0.2) is 34.7 Å². The Balaban J connectivity index is 1.95. The number of hydroxylamine groups is 2. The molecule has 0 fully saturated rings. The number of hydrogen-bond acceptors (Lipinski definition) is 6. The van der Waals surface area contributed by atoms with Crippen LogP contribution in [0, 0.1) is 12.8 Å². The van der Waals surface area contributed by atoms with Crippen molar-refractivity contribution in [3.8, 4) is 11.3 Å². The normalized spacial score (nSPS) is 11.5. The van der Waals surface area contributed by atoms with Gasteiger partial charge in [0.1, 0.15) is 5.76 Å². The molecule has 1 atom stereocenters. The van der Waals surface area contributed by atoms with Crippen molar-refractivity contribution in [2.45, 2.75) is 46.0 Å². The summed E-state index contributed by atoms with van der Waals surface area (Å²) in [5.74, 6) is -2.26. The van der Waals surface area contributed by atoms with Gasteiger partial charge in [0, 0.05) is 5.56 Å². The van der Waals surface area contributed by atoms with Crippen molar-refractivity contribution >= 4 is 24.2 Å². The van der Waals surface area contributed by atoms with Crippen molar-refractivity contribution in [3.63, 3.8) is 0 Å². The maximum Gasteiger partial charge on any atom is 0.335 e. The van der Waals surface area contributed by atoms with Crippen LogP contribution in [0.1, 0.15) is 65.5 Å². The Bertz CT molecular complexity index is 1000. The van der Waals surface area contributed by atoms with Gasteiger partial charge in [0.15, 0.2) is 5.76 Å². The number of benzene rings is 1. The summed E-state index contributed by atoms with van der Waals surface area (Å²) < 4.78 is 5.60. The Kier molecular flexibility index (Phi) is 10.3. The van der Waals surface area contributed by atoms with Crippen molar-refractivity contribution in [3.05, 3.63) is 47.2 Å². The molecule has 0 saturated heterocycles. The van der Waals surface area contributed by atoms with E-state index in [-0.39, 0.29) is 36.9 Å². The van der Waals surface area contributed by atoms with E-state index >= 15 is 0 Å². The Morgan fingerprint density at radius 1 is 1.12 bits per heavy atom. The Hall–Kier alpha value is -3.66. The van der Waals surface area contributed by atoms with Gasteiger partial charge in [-0.3, -0.25) is 19.6 Å². The van der Waals surface area contributed by atoms with Gasteiger partial charge in [0.05, 0.1) is 24.7 Å². The minimum Gasteiger partial charge on any atom is -0.478 e. The number of carboxylic acid groups (broad SMARTS) is 1. The molecule has 1 aromatic heterocycles. The summed E-state index contributed by atoms with van der Waals surface area (Å²) in [6.07, 6.45) is 4.55. The van der Waals surface area contributed by atoms with Gasteiger partial charge >= 0.3 is 5.97 Å². The lowest BCUT2D eigenvalue weighted by Gasteiger charge is -2.19. The second-order valence-electron chi connectivity index (χ2n) is 7.94. The second-order valence-corrected chi connectivity index (χ2v) is 7.94. The molecule has 0 aliphatic rings. The van der Waals surface area contributed by atoms with E-state index < -0.39 is 17.8 Å². The minimum absolute atomic E-state index is 0.00276. The number of nitrogens with zero attached hydrogens (tertiary/aromatic N) is 1. The third-order valence-electron chi connectivity index (χ3n) is 5.48. The minimum atomic E-state index is -1.05. The van der Waals surface area contributed by atoms with E-state index in [0.29, 0.717) is 28.4 Å². The number of hydrogen-bond donors (Lipinski definition) is 4. The molecule has 1 aromatic carbocycles. The molecule has 0 radical (unpaired) electrons. The van der Waals surface area contributed by atoms with Gasteiger partial charge in [-0.1, -0.05) is 44.7 Å². The highest BCUT2D eigenvalue weighted by Gasteiger charge is 2.21. The lowest BCUT2D eigenvalue weighted by Crippen LogP contribution is -2.42. The van der Waals surface area contributed by atoms with Crippen LogP contribution in [0.2, 0.25) is 0 Å². The zero-order valence-electron chi connectivity index (χ0n) is 19.4. The van der Waals surface area contributed by atoms with Crippen LogP contribution in [0.25, 0.3) is 11.3 Å². The molecular weight excluding hydrogens is 442 g/mol. The topological polar surface area (TPSA) is 149 Å². The first-order chi connectivity index (χ1) is 16.3. The highest BCUT2D eigenvalue weighted by Crippen LogP contribution is 2.27. The molecule has 10 nitrogen and oxygen atoms in total. The summed E-state index contributed by atoms with van der Waals surface area (Å²) >= 11 is 0. The Morgan fingerprint density at radius 3 is 2.56 bits per heavy atom. The first-order valence-corrected chi connectivity index (χ1v) is 11.2. The van der Waals surface area contributed by atoms with Gasteiger partial charge in [-0.05, 0) is 37.1 Å². The van der Waals surface area contributed by atoms with E-state index in [4.69, 9.17) is 4.42 Å². The largest absolute Gasteiger partial charge is 0.478 e. The van der Waals surface area contributed by atoms with Crippen LogP contribution < -0.4 is 10.6 Å². The van der Waals surface area contributed by atoms with Crippen LogP contribution >= 0.6 is 0 Å². The number of unbranched alkanes of at least 4 members (excludes halogenated alkanes) is 3. The second kappa shape index (κ2) is 13.1. The number of carbonyl (C=O) groups is 4.